The van der Waals surface area contributed by atoms with E-state index in [-0.39, 0.29) is 24.3 Å². The van der Waals surface area contributed by atoms with E-state index in [4.69, 9.17) is 13.9 Å². The molecule has 0 spiro atoms. The molecule has 1 saturated carbocycles. The lowest BCUT2D eigenvalue weighted by atomic mass is 9.76. The van der Waals surface area contributed by atoms with E-state index in [0.717, 1.165) is 18.4 Å². The average molecular weight is 429 g/mol. The van der Waals surface area contributed by atoms with Crippen LogP contribution in [0.3, 0.4) is 0 Å². The molecule has 1 saturated heterocycles. The molecule has 2 aromatic rings. The SMILES string of the molecule is COCCCOC(=O)c1cc2cc(NC(=O)[C@H]3NCCC3C3CCCCC3)ccc2o1. The highest BCUT2D eigenvalue weighted by atomic mass is 16.5. The summed E-state index contributed by atoms with van der Waals surface area (Å²) in [7, 11) is 1.61. The van der Waals surface area contributed by atoms with Crippen molar-refractivity contribution in [2.75, 3.05) is 32.2 Å². The predicted octanol–water partition coefficient (Wildman–Crippen LogP) is 4.12. The van der Waals surface area contributed by atoms with Gasteiger partial charge >= 0.3 is 5.97 Å². The van der Waals surface area contributed by atoms with Crippen LogP contribution in [0.1, 0.15) is 55.5 Å². The number of rotatable bonds is 8. The number of fused-ring (bicyclic) bond motifs is 1. The normalized spacial score (nSPS) is 22.0. The molecular weight excluding hydrogens is 396 g/mol. The van der Waals surface area contributed by atoms with Gasteiger partial charge < -0.3 is 24.5 Å². The second kappa shape index (κ2) is 10.3. The molecule has 2 aliphatic rings. The van der Waals surface area contributed by atoms with Crippen LogP contribution in [0.25, 0.3) is 11.0 Å². The van der Waals surface area contributed by atoms with Crippen LogP contribution in [0.15, 0.2) is 28.7 Å². The summed E-state index contributed by atoms with van der Waals surface area (Å²) >= 11 is 0. The molecule has 2 atom stereocenters. The smallest absolute Gasteiger partial charge is 0.374 e. The van der Waals surface area contributed by atoms with E-state index in [1.165, 1.54) is 32.1 Å². The predicted molar refractivity (Wildman–Crippen MR) is 118 cm³/mol. The van der Waals surface area contributed by atoms with E-state index in [2.05, 4.69) is 10.6 Å². The number of hydrogen-bond donors (Lipinski definition) is 2. The van der Waals surface area contributed by atoms with Crippen molar-refractivity contribution in [2.24, 2.45) is 11.8 Å². The highest BCUT2D eigenvalue weighted by Gasteiger charge is 2.38. The Morgan fingerprint density at radius 3 is 2.77 bits per heavy atom. The number of ether oxygens (including phenoxy) is 2. The van der Waals surface area contributed by atoms with Crippen LogP contribution in [-0.4, -0.2) is 44.8 Å². The fourth-order valence-electron chi connectivity index (χ4n) is 4.96. The van der Waals surface area contributed by atoms with Crippen LogP contribution in [0.4, 0.5) is 5.69 Å². The largest absolute Gasteiger partial charge is 0.460 e. The monoisotopic (exact) mass is 428 g/mol. The summed E-state index contributed by atoms with van der Waals surface area (Å²) in [6.45, 7) is 1.71. The molecule has 1 aliphatic carbocycles. The number of methoxy groups -OCH3 is 1. The van der Waals surface area contributed by atoms with E-state index >= 15 is 0 Å². The standard InChI is InChI=1S/C24H32N2O5/c1-29-12-5-13-30-24(28)21-15-17-14-18(8-9-20(17)31-21)26-23(27)22-19(10-11-25-22)16-6-3-2-4-7-16/h8-9,14-16,19,22,25H,2-7,10-13H2,1H3,(H,26,27)/t19?,22-/m0/s1. The van der Waals surface area contributed by atoms with Gasteiger partial charge in [0, 0.05) is 31.2 Å². The molecule has 1 aromatic carbocycles. The third-order valence-corrected chi connectivity index (χ3v) is 6.52. The number of nitrogens with one attached hydrogen (secondary N) is 2. The molecule has 1 unspecified atom stereocenters. The molecule has 168 valence electrons. The molecule has 2 heterocycles. The minimum Gasteiger partial charge on any atom is -0.460 e. The molecule has 4 rings (SSSR count). The van der Waals surface area contributed by atoms with Crippen molar-refractivity contribution in [3.05, 3.63) is 30.0 Å². The molecule has 1 aromatic heterocycles. The zero-order chi connectivity index (χ0) is 21.6. The summed E-state index contributed by atoms with van der Waals surface area (Å²) in [5.41, 5.74) is 1.29. The fourth-order valence-corrected chi connectivity index (χ4v) is 4.96. The maximum atomic E-state index is 13.0. The zero-order valence-electron chi connectivity index (χ0n) is 18.2. The maximum absolute atomic E-state index is 13.0. The third-order valence-electron chi connectivity index (χ3n) is 6.52. The summed E-state index contributed by atoms with van der Waals surface area (Å²) in [6.07, 6.45) is 8.06. The lowest BCUT2D eigenvalue weighted by molar-refractivity contribution is -0.119. The fraction of sp³-hybridized carbons (Fsp3) is 0.583. The quantitative estimate of drug-likeness (QED) is 0.486. The number of amides is 1. The minimum atomic E-state index is -0.497. The first-order valence-corrected chi connectivity index (χ1v) is 11.4. The molecule has 2 N–H and O–H groups in total. The van der Waals surface area contributed by atoms with E-state index < -0.39 is 5.97 Å². The van der Waals surface area contributed by atoms with Crippen LogP contribution in [0.2, 0.25) is 0 Å². The van der Waals surface area contributed by atoms with Crippen molar-refractivity contribution in [3.8, 4) is 0 Å². The number of furan rings is 1. The van der Waals surface area contributed by atoms with E-state index in [1.807, 2.05) is 12.1 Å². The van der Waals surface area contributed by atoms with Gasteiger partial charge in [0.05, 0.1) is 12.6 Å². The van der Waals surface area contributed by atoms with Crippen LogP contribution in [0.5, 0.6) is 0 Å². The summed E-state index contributed by atoms with van der Waals surface area (Å²) < 4.78 is 15.8. The van der Waals surface area contributed by atoms with Crippen LogP contribution in [-0.2, 0) is 14.3 Å². The Morgan fingerprint density at radius 2 is 1.97 bits per heavy atom. The summed E-state index contributed by atoms with van der Waals surface area (Å²) in [5, 5.41) is 7.22. The topological polar surface area (TPSA) is 89.8 Å². The number of esters is 1. The molecule has 31 heavy (non-hydrogen) atoms. The highest BCUT2D eigenvalue weighted by Crippen LogP contribution is 2.36. The van der Waals surface area contributed by atoms with Crippen LogP contribution in [0, 0.1) is 11.8 Å². The van der Waals surface area contributed by atoms with Crippen molar-refractivity contribution in [1.29, 1.82) is 0 Å². The third kappa shape index (κ3) is 5.28. The Kier molecular flexibility index (Phi) is 7.25. The lowest BCUT2D eigenvalue weighted by Crippen LogP contribution is -2.42. The molecule has 7 nitrogen and oxygen atoms in total. The average Bonchev–Trinajstić information content (AvgIpc) is 3.44. The molecule has 2 fully saturated rings. The molecule has 7 heteroatoms. The Bertz CT molecular complexity index is 903. The van der Waals surface area contributed by atoms with E-state index in [9.17, 15) is 9.59 Å². The Labute approximate surface area is 182 Å². The number of carbonyl (C=O) groups excluding carboxylic acids is 2. The summed E-state index contributed by atoms with van der Waals surface area (Å²) in [6, 6.07) is 6.93. The van der Waals surface area contributed by atoms with Crippen molar-refractivity contribution in [3.63, 3.8) is 0 Å². The van der Waals surface area contributed by atoms with E-state index in [0.29, 0.717) is 36.1 Å². The molecule has 1 amide bonds. The zero-order valence-corrected chi connectivity index (χ0v) is 18.2. The molecular formula is C24H32N2O5. The van der Waals surface area contributed by atoms with Crippen LogP contribution >= 0.6 is 0 Å². The highest BCUT2D eigenvalue weighted by molar-refractivity contribution is 5.98. The van der Waals surface area contributed by atoms with Crippen molar-refractivity contribution in [1.82, 2.24) is 5.32 Å². The minimum absolute atomic E-state index is 0.0219. The Morgan fingerprint density at radius 1 is 1.13 bits per heavy atom. The molecule has 0 bridgehead atoms. The van der Waals surface area contributed by atoms with Gasteiger partial charge in [-0.3, -0.25) is 4.79 Å². The maximum Gasteiger partial charge on any atom is 0.374 e. The molecule has 0 radical (unpaired) electrons. The number of carbonyl (C=O) groups is 2. The van der Waals surface area contributed by atoms with Gasteiger partial charge in [0.1, 0.15) is 5.58 Å². The lowest BCUT2D eigenvalue weighted by Gasteiger charge is -2.30. The first kappa shape index (κ1) is 21.8. The summed E-state index contributed by atoms with van der Waals surface area (Å²) in [5.74, 6) is 0.744. The van der Waals surface area contributed by atoms with Gasteiger partial charge in [0.25, 0.3) is 0 Å². The van der Waals surface area contributed by atoms with Crippen molar-refractivity contribution >= 4 is 28.5 Å². The van der Waals surface area contributed by atoms with Gasteiger partial charge in [-0.1, -0.05) is 32.1 Å². The summed E-state index contributed by atoms with van der Waals surface area (Å²) in [4.78, 5) is 25.2. The van der Waals surface area contributed by atoms with Gasteiger partial charge in [0.15, 0.2) is 0 Å². The van der Waals surface area contributed by atoms with Gasteiger partial charge in [-0.15, -0.1) is 0 Å². The first-order valence-electron chi connectivity index (χ1n) is 11.4. The number of benzene rings is 1. The number of anilines is 1. The van der Waals surface area contributed by atoms with E-state index in [1.54, 1.807) is 19.2 Å². The molecule has 1 aliphatic heterocycles. The number of hydrogen-bond acceptors (Lipinski definition) is 6. The van der Waals surface area contributed by atoms with Gasteiger partial charge in [-0.05, 0) is 49.1 Å². The van der Waals surface area contributed by atoms with Gasteiger partial charge in [-0.2, -0.15) is 0 Å². The van der Waals surface area contributed by atoms with Crippen molar-refractivity contribution < 1.29 is 23.5 Å². The second-order valence-corrected chi connectivity index (χ2v) is 8.62. The first-order chi connectivity index (χ1) is 15.2. The second-order valence-electron chi connectivity index (χ2n) is 8.62. The van der Waals surface area contributed by atoms with Crippen molar-refractivity contribution in [2.45, 2.75) is 51.0 Å². The van der Waals surface area contributed by atoms with Gasteiger partial charge in [-0.25, -0.2) is 4.79 Å². The van der Waals surface area contributed by atoms with Crippen LogP contribution < -0.4 is 10.6 Å². The Hall–Kier alpha value is -2.38. The Balaban J connectivity index is 1.39. The van der Waals surface area contributed by atoms with Gasteiger partial charge in [0.2, 0.25) is 11.7 Å².